The van der Waals surface area contributed by atoms with Gasteiger partial charge in [0.05, 0.1) is 7.11 Å². The number of aryl methyl sites for hydroxylation is 2. The van der Waals surface area contributed by atoms with Crippen LogP contribution in [0.15, 0.2) is 48.2 Å². The molecule has 0 fully saturated rings. The standard InChI is InChI=1S/C21H23NO4/c1-14-10-18(26-13-17-8-6-5-7-9-17)11-15(2)19(14)12-20(21(24)25-4)22-16(3)23/h5-12H,13H2,1-4H3,(H,22,23). The van der Waals surface area contributed by atoms with Crippen molar-refractivity contribution in [2.24, 2.45) is 0 Å². The summed E-state index contributed by atoms with van der Waals surface area (Å²) in [5.41, 5.74) is 3.89. The van der Waals surface area contributed by atoms with Gasteiger partial charge in [0.15, 0.2) is 0 Å². The minimum Gasteiger partial charge on any atom is -0.489 e. The average Bonchev–Trinajstić information content (AvgIpc) is 2.61. The Hall–Kier alpha value is -3.08. The molecule has 0 aromatic heterocycles. The molecular weight excluding hydrogens is 330 g/mol. The summed E-state index contributed by atoms with van der Waals surface area (Å²) in [4.78, 5) is 23.2. The third kappa shape index (κ3) is 5.21. The number of nitrogens with one attached hydrogen (secondary N) is 1. The van der Waals surface area contributed by atoms with Gasteiger partial charge in [0.1, 0.15) is 18.1 Å². The molecule has 0 saturated carbocycles. The van der Waals surface area contributed by atoms with E-state index in [1.54, 1.807) is 6.08 Å². The maximum atomic E-state index is 11.9. The number of esters is 1. The molecule has 136 valence electrons. The van der Waals surface area contributed by atoms with Crippen LogP contribution in [-0.4, -0.2) is 19.0 Å². The molecule has 0 spiro atoms. The molecule has 2 aromatic carbocycles. The normalized spacial score (nSPS) is 11.0. The zero-order chi connectivity index (χ0) is 19.1. The van der Waals surface area contributed by atoms with Crippen molar-refractivity contribution in [3.05, 3.63) is 70.4 Å². The van der Waals surface area contributed by atoms with E-state index in [0.717, 1.165) is 28.0 Å². The summed E-state index contributed by atoms with van der Waals surface area (Å²) < 4.78 is 10.6. The number of methoxy groups -OCH3 is 1. The van der Waals surface area contributed by atoms with Gasteiger partial charge in [-0.2, -0.15) is 0 Å². The van der Waals surface area contributed by atoms with Crippen molar-refractivity contribution in [1.29, 1.82) is 0 Å². The number of carbonyl (C=O) groups is 2. The van der Waals surface area contributed by atoms with E-state index in [1.165, 1.54) is 14.0 Å². The van der Waals surface area contributed by atoms with Crippen molar-refractivity contribution in [2.75, 3.05) is 7.11 Å². The fourth-order valence-electron chi connectivity index (χ4n) is 2.58. The van der Waals surface area contributed by atoms with Gasteiger partial charge in [-0.15, -0.1) is 0 Å². The molecule has 2 rings (SSSR count). The third-order valence-corrected chi connectivity index (χ3v) is 3.82. The molecule has 0 saturated heterocycles. The zero-order valence-electron chi connectivity index (χ0n) is 15.5. The Bertz CT molecular complexity index is 802. The lowest BCUT2D eigenvalue weighted by Gasteiger charge is -2.13. The van der Waals surface area contributed by atoms with E-state index in [4.69, 9.17) is 9.47 Å². The van der Waals surface area contributed by atoms with Crippen molar-refractivity contribution in [1.82, 2.24) is 5.32 Å². The Kier molecular flexibility index (Phi) is 6.55. The molecule has 1 amide bonds. The van der Waals surface area contributed by atoms with E-state index in [2.05, 4.69) is 5.32 Å². The molecule has 0 aliphatic heterocycles. The van der Waals surface area contributed by atoms with Crippen molar-refractivity contribution in [3.8, 4) is 5.75 Å². The number of hydrogen-bond donors (Lipinski definition) is 1. The largest absolute Gasteiger partial charge is 0.489 e. The highest BCUT2D eigenvalue weighted by Gasteiger charge is 2.13. The van der Waals surface area contributed by atoms with Crippen LogP contribution in [-0.2, 0) is 20.9 Å². The van der Waals surface area contributed by atoms with Crippen LogP contribution in [0.1, 0.15) is 29.2 Å². The van der Waals surface area contributed by atoms with Crippen molar-refractivity contribution in [3.63, 3.8) is 0 Å². The number of rotatable bonds is 6. The lowest BCUT2D eigenvalue weighted by Crippen LogP contribution is -2.25. The highest BCUT2D eigenvalue weighted by atomic mass is 16.5. The van der Waals surface area contributed by atoms with Crippen LogP contribution in [0.4, 0.5) is 0 Å². The Labute approximate surface area is 153 Å². The minimum absolute atomic E-state index is 0.101. The van der Waals surface area contributed by atoms with E-state index in [0.29, 0.717) is 6.61 Å². The Balaban J connectivity index is 2.26. The van der Waals surface area contributed by atoms with Crippen LogP contribution >= 0.6 is 0 Å². The molecule has 0 atom stereocenters. The SMILES string of the molecule is COC(=O)C(=Cc1c(C)cc(OCc2ccccc2)cc1C)NC(C)=O. The molecule has 1 N–H and O–H groups in total. The first-order valence-corrected chi connectivity index (χ1v) is 8.26. The summed E-state index contributed by atoms with van der Waals surface area (Å²) >= 11 is 0. The summed E-state index contributed by atoms with van der Waals surface area (Å²) in [6, 6.07) is 13.7. The van der Waals surface area contributed by atoms with Crippen LogP contribution in [0.2, 0.25) is 0 Å². The quantitative estimate of drug-likeness (QED) is 0.637. The molecule has 0 radical (unpaired) electrons. The van der Waals surface area contributed by atoms with Crippen LogP contribution in [0.25, 0.3) is 6.08 Å². The number of benzene rings is 2. The van der Waals surface area contributed by atoms with Gasteiger partial charge in [-0.05, 0) is 54.3 Å². The highest BCUT2D eigenvalue weighted by Crippen LogP contribution is 2.24. The van der Waals surface area contributed by atoms with Gasteiger partial charge in [0.2, 0.25) is 5.91 Å². The molecule has 5 nitrogen and oxygen atoms in total. The summed E-state index contributed by atoms with van der Waals surface area (Å²) in [5, 5.41) is 2.51. The average molecular weight is 353 g/mol. The number of carbonyl (C=O) groups excluding carboxylic acids is 2. The lowest BCUT2D eigenvalue weighted by atomic mass is 10.0. The first-order valence-electron chi connectivity index (χ1n) is 8.26. The van der Waals surface area contributed by atoms with Gasteiger partial charge < -0.3 is 14.8 Å². The molecule has 0 aliphatic carbocycles. The van der Waals surface area contributed by atoms with Crippen molar-refractivity contribution in [2.45, 2.75) is 27.4 Å². The van der Waals surface area contributed by atoms with Crippen molar-refractivity contribution >= 4 is 18.0 Å². The van der Waals surface area contributed by atoms with E-state index >= 15 is 0 Å². The van der Waals surface area contributed by atoms with E-state index in [-0.39, 0.29) is 11.6 Å². The molecule has 0 bridgehead atoms. The first kappa shape index (κ1) is 19.2. The molecular formula is C21H23NO4. The van der Waals surface area contributed by atoms with Gasteiger partial charge in [-0.3, -0.25) is 4.79 Å². The summed E-state index contributed by atoms with van der Waals surface area (Å²) in [7, 11) is 1.28. The summed E-state index contributed by atoms with van der Waals surface area (Å²) in [5.74, 6) is -0.177. The predicted molar refractivity (Wildman–Crippen MR) is 100 cm³/mol. The molecule has 5 heteroatoms. The summed E-state index contributed by atoms with van der Waals surface area (Å²) in [6.45, 7) is 5.68. The number of ether oxygens (including phenoxy) is 2. The fourth-order valence-corrected chi connectivity index (χ4v) is 2.58. The Morgan fingerprint density at radius 1 is 1.08 bits per heavy atom. The molecule has 2 aromatic rings. The Morgan fingerprint density at radius 3 is 2.23 bits per heavy atom. The second-order valence-corrected chi connectivity index (χ2v) is 5.98. The number of amides is 1. The van der Waals surface area contributed by atoms with Crippen LogP contribution in [0, 0.1) is 13.8 Å². The maximum Gasteiger partial charge on any atom is 0.354 e. The molecule has 0 aliphatic rings. The van der Waals surface area contributed by atoms with E-state index in [9.17, 15) is 9.59 Å². The zero-order valence-corrected chi connectivity index (χ0v) is 15.5. The van der Waals surface area contributed by atoms with Crippen molar-refractivity contribution < 1.29 is 19.1 Å². The second-order valence-electron chi connectivity index (χ2n) is 5.98. The van der Waals surface area contributed by atoms with Gasteiger partial charge in [-0.25, -0.2) is 4.79 Å². The van der Waals surface area contributed by atoms with Crippen LogP contribution < -0.4 is 10.1 Å². The maximum absolute atomic E-state index is 11.9. The second kappa shape index (κ2) is 8.85. The summed E-state index contributed by atoms with van der Waals surface area (Å²) in [6.07, 6.45) is 1.62. The van der Waals surface area contributed by atoms with E-state index < -0.39 is 5.97 Å². The van der Waals surface area contributed by atoms with Gasteiger partial charge in [0.25, 0.3) is 0 Å². The van der Waals surface area contributed by atoms with Gasteiger partial charge >= 0.3 is 5.97 Å². The van der Waals surface area contributed by atoms with Gasteiger partial charge in [0, 0.05) is 6.92 Å². The van der Waals surface area contributed by atoms with Crippen LogP contribution in [0.5, 0.6) is 5.75 Å². The molecule has 26 heavy (non-hydrogen) atoms. The smallest absolute Gasteiger partial charge is 0.354 e. The monoisotopic (exact) mass is 353 g/mol. The fraction of sp³-hybridized carbons (Fsp3) is 0.238. The minimum atomic E-state index is -0.594. The first-order chi connectivity index (χ1) is 12.4. The highest BCUT2D eigenvalue weighted by molar-refractivity contribution is 5.97. The predicted octanol–water partition coefficient (Wildman–Crippen LogP) is 3.53. The third-order valence-electron chi connectivity index (χ3n) is 3.82. The van der Waals surface area contributed by atoms with Gasteiger partial charge in [-0.1, -0.05) is 30.3 Å². The molecule has 0 heterocycles. The topological polar surface area (TPSA) is 64.6 Å². The number of hydrogen-bond acceptors (Lipinski definition) is 4. The van der Waals surface area contributed by atoms with E-state index in [1.807, 2.05) is 56.3 Å². The lowest BCUT2D eigenvalue weighted by molar-refractivity contribution is -0.137. The van der Waals surface area contributed by atoms with Crippen LogP contribution in [0.3, 0.4) is 0 Å². The molecule has 0 unspecified atom stereocenters. The Morgan fingerprint density at radius 2 is 1.69 bits per heavy atom.